The number of halogens is 2. The van der Waals surface area contributed by atoms with Crippen LogP contribution in [0.25, 0.3) is 0 Å². The Morgan fingerprint density at radius 2 is 2.50 bits per heavy atom. The van der Waals surface area contributed by atoms with Crippen molar-refractivity contribution in [1.82, 2.24) is 10.3 Å². The first-order chi connectivity index (χ1) is 6.76. The molecule has 0 spiro atoms. The van der Waals surface area contributed by atoms with E-state index in [1.165, 1.54) is 5.54 Å². The highest BCUT2D eigenvalue weighted by Gasteiger charge is 2.01. The number of hydrogen-bond acceptors (Lipinski definition) is 3. The Balaban J connectivity index is 2.31. The largest absolute Gasteiger partial charge is 0.444 e. The van der Waals surface area contributed by atoms with Crippen molar-refractivity contribution >= 4 is 23.2 Å². The highest BCUT2D eigenvalue weighted by molar-refractivity contribution is 6.36. The second-order valence-electron chi connectivity index (χ2n) is 2.73. The Labute approximate surface area is 93.1 Å². The van der Waals surface area contributed by atoms with Crippen LogP contribution in [0, 0.1) is 0 Å². The van der Waals surface area contributed by atoms with Gasteiger partial charge in [-0.25, -0.2) is 4.98 Å². The molecule has 0 aliphatic heterocycles. The summed E-state index contributed by atoms with van der Waals surface area (Å²) in [6, 6.07) is 0. The van der Waals surface area contributed by atoms with Crippen LogP contribution < -0.4 is 5.32 Å². The third-order valence-electron chi connectivity index (χ3n) is 1.64. The summed E-state index contributed by atoms with van der Waals surface area (Å²) in [5.41, 5.74) is 1.33. The van der Waals surface area contributed by atoms with E-state index in [1.807, 2.05) is 6.92 Å². The molecule has 1 aromatic rings. The first-order valence-corrected chi connectivity index (χ1v) is 5.16. The van der Waals surface area contributed by atoms with Gasteiger partial charge in [-0.05, 0) is 0 Å². The average Bonchev–Trinajstić information content (AvgIpc) is 2.65. The molecule has 0 saturated carbocycles. The van der Waals surface area contributed by atoms with Crippen molar-refractivity contribution in [2.45, 2.75) is 19.9 Å². The lowest BCUT2D eigenvalue weighted by Gasteiger charge is -1.98. The molecule has 5 heteroatoms. The van der Waals surface area contributed by atoms with Gasteiger partial charge < -0.3 is 9.73 Å². The van der Waals surface area contributed by atoms with Crippen LogP contribution in [0.5, 0.6) is 0 Å². The van der Waals surface area contributed by atoms with Crippen LogP contribution in [0.2, 0.25) is 0 Å². The van der Waals surface area contributed by atoms with Crippen molar-refractivity contribution in [2.75, 3.05) is 6.54 Å². The van der Waals surface area contributed by atoms with E-state index < -0.39 is 0 Å². The van der Waals surface area contributed by atoms with Gasteiger partial charge in [0.2, 0.25) is 5.89 Å². The topological polar surface area (TPSA) is 38.1 Å². The van der Waals surface area contributed by atoms with E-state index in [2.05, 4.69) is 10.3 Å². The van der Waals surface area contributed by atoms with Crippen molar-refractivity contribution in [2.24, 2.45) is 0 Å². The third kappa shape index (κ3) is 3.70. The summed E-state index contributed by atoms with van der Waals surface area (Å²) in [4.78, 5) is 4.09. The maximum atomic E-state index is 5.68. The van der Waals surface area contributed by atoms with E-state index >= 15 is 0 Å². The molecule has 0 atom stereocenters. The lowest BCUT2D eigenvalue weighted by atomic mass is 10.4. The summed E-state index contributed by atoms with van der Waals surface area (Å²) in [6.07, 6.45) is 2.59. The molecule has 78 valence electrons. The fourth-order valence-corrected chi connectivity index (χ4v) is 1.09. The predicted molar refractivity (Wildman–Crippen MR) is 57.4 cm³/mol. The van der Waals surface area contributed by atoms with E-state index in [4.69, 9.17) is 27.6 Å². The first-order valence-electron chi connectivity index (χ1n) is 4.35. The minimum Gasteiger partial charge on any atom is -0.444 e. The molecule has 0 unspecified atom stereocenters. The number of hydrogen-bond donors (Lipinski definition) is 1. The molecule has 0 bridgehead atoms. The molecule has 3 nitrogen and oxygen atoms in total. The number of rotatable bonds is 5. The minimum atomic E-state index is 0.523. The van der Waals surface area contributed by atoms with Gasteiger partial charge in [-0.3, -0.25) is 0 Å². The Morgan fingerprint density at radius 3 is 3.07 bits per heavy atom. The molecule has 1 aromatic heterocycles. The molecule has 0 aliphatic rings. The van der Waals surface area contributed by atoms with Crippen LogP contribution >= 0.6 is 23.2 Å². The van der Waals surface area contributed by atoms with E-state index in [9.17, 15) is 0 Å². The number of aryl methyl sites for hydroxylation is 1. The Hall–Kier alpha value is -0.510. The molecule has 1 heterocycles. The summed E-state index contributed by atoms with van der Waals surface area (Å²) in [7, 11) is 0. The molecule has 0 aliphatic carbocycles. The quantitative estimate of drug-likeness (QED) is 0.852. The predicted octanol–water partition coefficient (Wildman–Crippen LogP) is 2.65. The molecule has 0 amide bonds. The lowest BCUT2D eigenvalue weighted by Crippen LogP contribution is -2.14. The maximum Gasteiger partial charge on any atom is 0.208 e. The van der Waals surface area contributed by atoms with Crippen molar-refractivity contribution in [3.8, 4) is 0 Å². The van der Waals surface area contributed by atoms with Gasteiger partial charge >= 0.3 is 0 Å². The Morgan fingerprint density at radius 1 is 1.71 bits per heavy atom. The summed E-state index contributed by atoms with van der Waals surface area (Å²) in [5.74, 6) is 1.56. The van der Waals surface area contributed by atoms with E-state index in [0.29, 0.717) is 24.0 Å². The van der Waals surface area contributed by atoms with Gasteiger partial charge in [0.05, 0.1) is 12.7 Å². The molecular weight excluding hydrogens is 223 g/mol. The highest BCUT2D eigenvalue weighted by Crippen LogP contribution is 2.05. The van der Waals surface area contributed by atoms with Crippen LogP contribution in [0.4, 0.5) is 0 Å². The summed E-state index contributed by atoms with van der Waals surface area (Å²) >= 11 is 11.1. The number of oxazole rings is 1. The normalized spacial score (nSPS) is 12.1. The minimum absolute atomic E-state index is 0.523. The summed E-state index contributed by atoms with van der Waals surface area (Å²) in [5, 5.41) is 3.61. The molecule has 1 rings (SSSR count). The average molecular weight is 235 g/mol. The second-order valence-corrected chi connectivity index (χ2v) is 3.44. The molecule has 1 N–H and O–H groups in total. The monoisotopic (exact) mass is 234 g/mol. The van der Waals surface area contributed by atoms with E-state index in [1.54, 1.807) is 6.20 Å². The number of nitrogens with zero attached hydrogens (tertiary/aromatic N) is 1. The van der Waals surface area contributed by atoms with Crippen molar-refractivity contribution in [3.05, 3.63) is 28.4 Å². The van der Waals surface area contributed by atoms with Crippen LogP contribution in [0.15, 0.2) is 21.2 Å². The zero-order valence-electron chi connectivity index (χ0n) is 7.89. The summed E-state index contributed by atoms with van der Waals surface area (Å²) in [6.45, 7) is 3.10. The molecule has 0 aromatic carbocycles. The molecule has 0 saturated heterocycles. The van der Waals surface area contributed by atoms with Gasteiger partial charge in [0.25, 0.3) is 0 Å². The molecule has 14 heavy (non-hydrogen) atoms. The number of nitrogens with one attached hydrogen (secondary N) is 1. The maximum absolute atomic E-state index is 5.68. The fraction of sp³-hybridized carbons (Fsp3) is 0.444. The van der Waals surface area contributed by atoms with Crippen molar-refractivity contribution in [1.29, 1.82) is 0 Å². The number of aromatic nitrogens is 1. The second kappa shape index (κ2) is 6.06. The third-order valence-corrected chi connectivity index (χ3v) is 2.26. The van der Waals surface area contributed by atoms with Gasteiger partial charge in [-0.1, -0.05) is 30.1 Å². The zero-order valence-corrected chi connectivity index (χ0v) is 9.40. The zero-order chi connectivity index (χ0) is 10.4. The van der Waals surface area contributed by atoms with Crippen LogP contribution in [0.1, 0.15) is 18.6 Å². The van der Waals surface area contributed by atoms with E-state index in [0.717, 1.165) is 12.2 Å². The van der Waals surface area contributed by atoms with Crippen LogP contribution in [-0.4, -0.2) is 11.5 Å². The van der Waals surface area contributed by atoms with Crippen LogP contribution in [0.3, 0.4) is 0 Å². The Kier molecular flexibility index (Phi) is 5.01. The lowest BCUT2D eigenvalue weighted by molar-refractivity contribution is 0.444. The van der Waals surface area contributed by atoms with Crippen molar-refractivity contribution < 1.29 is 4.42 Å². The smallest absolute Gasteiger partial charge is 0.208 e. The SMILES string of the molecule is CCc1cnc(CNCC(Cl)=CCl)o1. The molecule has 0 fully saturated rings. The summed E-state index contributed by atoms with van der Waals surface area (Å²) < 4.78 is 5.38. The van der Waals surface area contributed by atoms with Gasteiger partial charge in [-0.2, -0.15) is 0 Å². The van der Waals surface area contributed by atoms with Crippen LogP contribution in [-0.2, 0) is 13.0 Å². The highest BCUT2D eigenvalue weighted by atomic mass is 35.5. The fourth-order valence-electron chi connectivity index (χ4n) is 0.921. The van der Waals surface area contributed by atoms with E-state index in [-0.39, 0.29) is 0 Å². The van der Waals surface area contributed by atoms with Crippen molar-refractivity contribution in [3.63, 3.8) is 0 Å². The van der Waals surface area contributed by atoms with Gasteiger partial charge in [-0.15, -0.1) is 0 Å². The van der Waals surface area contributed by atoms with Gasteiger partial charge in [0.15, 0.2) is 0 Å². The standard InChI is InChI=1S/C9H12Cl2N2O/c1-2-8-5-13-9(14-8)6-12-4-7(11)3-10/h3,5,12H,2,4,6H2,1H3. The van der Waals surface area contributed by atoms with Gasteiger partial charge in [0.1, 0.15) is 5.76 Å². The molecule has 0 radical (unpaired) electrons. The molecular formula is C9H12Cl2N2O. The Bertz CT molecular complexity index is 310. The van der Waals surface area contributed by atoms with Gasteiger partial charge in [0, 0.05) is 23.5 Å². The first kappa shape index (κ1) is 11.6.